The van der Waals surface area contributed by atoms with E-state index in [1.54, 1.807) is 7.11 Å². The Morgan fingerprint density at radius 1 is 1.15 bits per heavy atom. The van der Waals surface area contributed by atoms with Crippen LogP contribution in [-0.4, -0.2) is 27.5 Å². The number of para-hydroxylation sites is 1. The third-order valence-electron chi connectivity index (χ3n) is 4.55. The van der Waals surface area contributed by atoms with Crippen molar-refractivity contribution < 1.29 is 17.9 Å². The summed E-state index contributed by atoms with van der Waals surface area (Å²) in [6, 6.07) is 13.4. The molecule has 2 aromatic rings. The summed E-state index contributed by atoms with van der Waals surface area (Å²) in [6.07, 6.45) is 2.45. The fraction of sp³-hybridized carbons (Fsp3) is 0.350. The van der Waals surface area contributed by atoms with Crippen molar-refractivity contribution in [3.63, 3.8) is 0 Å². The van der Waals surface area contributed by atoms with Crippen LogP contribution in [-0.2, 0) is 10.0 Å². The van der Waals surface area contributed by atoms with Gasteiger partial charge >= 0.3 is 0 Å². The van der Waals surface area contributed by atoms with Crippen LogP contribution in [0.4, 0.5) is 0 Å². The molecular weight excluding hydrogens is 364 g/mol. The Morgan fingerprint density at radius 3 is 2.41 bits per heavy atom. The molecule has 1 amide bonds. The van der Waals surface area contributed by atoms with Crippen molar-refractivity contribution in [2.75, 3.05) is 7.11 Å². The molecule has 6 nitrogen and oxygen atoms in total. The number of nitrogens with one attached hydrogen (secondary N) is 2. The van der Waals surface area contributed by atoms with Gasteiger partial charge in [-0.15, -0.1) is 0 Å². The van der Waals surface area contributed by atoms with Crippen LogP contribution in [0.2, 0.25) is 0 Å². The van der Waals surface area contributed by atoms with E-state index in [2.05, 4.69) is 10.0 Å². The normalized spacial score (nSPS) is 15.2. The van der Waals surface area contributed by atoms with Gasteiger partial charge in [0.1, 0.15) is 5.75 Å². The average Bonchev–Trinajstić information content (AvgIpc) is 3.49. The van der Waals surface area contributed by atoms with Gasteiger partial charge in [-0.25, -0.2) is 13.1 Å². The fourth-order valence-corrected chi connectivity index (χ4v) is 4.17. The summed E-state index contributed by atoms with van der Waals surface area (Å²) in [7, 11) is -1.92. The molecule has 0 aliphatic heterocycles. The monoisotopic (exact) mass is 388 g/mol. The first-order valence-electron chi connectivity index (χ1n) is 9.00. The van der Waals surface area contributed by atoms with Crippen LogP contribution in [0.25, 0.3) is 0 Å². The van der Waals surface area contributed by atoms with Crippen molar-refractivity contribution in [3.8, 4) is 5.75 Å². The van der Waals surface area contributed by atoms with Crippen molar-refractivity contribution in [2.24, 2.45) is 0 Å². The molecule has 2 aromatic carbocycles. The minimum Gasteiger partial charge on any atom is -0.496 e. The minimum atomic E-state index is -3.52. The van der Waals surface area contributed by atoms with Gasteiger partial charge in [-0.05, 0) is 49.6 Å². The molecule has 1 saturated carbocycles. The molecule has 0 bridgehead atoms. The predicted molar refractivity (Wildman–Crippen MR) is 103 cm³/mol. The van der Waals surface area contributed by atoms with E-state index in [1.807, 2.05) is 31.2 Å². The molecule has 0 saturated heterocycles. The molecule has 0 spiro atoms. The fourth-order valence-electron chi connectivity index (χ4n) is 2.87. The van der Waals surface area contributed by atoms with Crippen LogP contribution in [0.3, 0.4) is 0 Å². The molecule has 1 atom stereocenters. The van der Waals surface area contributed by atoms with Crippen LogP contribution in [0.5, 0.6) is 5.75 Å². The molecule has 1 aliphatic carbocycles. The highest BCUT2D eigenvalue weighted by Crippen LogP contribution is 2.27. The van der Waals surface area contributed by atoms with Gasteiger partial charge in [0.05, 0.1) is 18.0 Å². The Hall–Kier alpha value is -2.38. The van der Waals surface area contributed by atoms with Gasteiger partial charge in [-0.3, -0.25) is 4.79 Å². The Morgan fingerprint density at radius 2 is 1.81 bits per heavy atom. The number of hydrogen-bond acceptors (Lipinski definition) is 4. The summed E-state index contributed by atoms with van der Waals surface area (Å²) in [6.45, 7) is 1.98. The summed E-state index contributed by atoms with van der Waals surface area (Å²) < 4.78 is 32.4. The van der Waals surface area contributed by atoms with Gasteiger partial charge in [-0.2, -0.15) is 0 Å². The zero-order chi connectivity index (χ0) is 19.4. The van der Waals surface area contributed by atoms with Crippen molar-refractivity contribution >= 4 is 15.9 Å². The maximum Gasteiger partial charge on any atom is 0.251 e. The first-order valence-corrected chi connectivity index (χ1v) is 10.5. The number of rotatable bonds is 8. The summed E-state index contributed by atoms with van der Waals surface area (Å²) in [4.78, 5) is 12.8. The lowest BCUT2D eigenvalue weighted by Gasteiger charge is -2.20. The predicted octanol–water partition coefficient (Wildman–Crippen LogP) is 3.02. The maximum absolute atomic E-state index is 12.6. The van der Waals surface area contributed by atoms with Gasteiger partial charge in [0, 0.05) is 17.2 Å². The number of carbonyl (C=O) groups is 1. The SMILES string of the molecule is CCC(NC(=O)c1ccc(S(=O)(=O)NC2CC2)cc1)c1ccccc1OC. The zero-order valence-electron chi connectivity index (χ0n) is 15.4. The van der Waals surface area contributed by atoms with Gasteiger partial charge < -0.3 is 10.1 Å². The van der Waals surface area contributed by atoms with E-state index in [1.165, 1.54) is 24.3 Å². The Balaban J connectivity index is 1.73. The third kappa shape index (κ3) is 4.67. The number of benzene rings is 2. The molecule has 27 heavy (non-hydrogen) atoms. The van der Waals surface area contributed by atoms with E-state index in [-0.39, 0.29) is 22.9 Å². The molecule has 0 heterocycles. The first-order chi connectivity index (χ1) is 12.9. The lowest BCUT2D eigenvalue weighted by atomic mass is 10.0. The number of sulfonamides is 1. The number of hydrogen-bond donors (Lipinski definition) is 2. The van der Waals surface area contributed by atoms with Crippen LogP contribution in [0.1, 0.15) is 48.1 Å². The van der Waals surface area contributed by atoms with E-state index < -0.39 is 10.0 Å². The number of methoxy groups -OCH3 is 1. The molecule has 1 unspecified atom stereocenters. The maximum atomic E-state index is 12.6. The molecule has 3 rings (SSSR count). The van der Waals surface area contributed by atoms with Gasteiger partial charge in [-0.1, -0.05) is 25.1 Å². The lowest BCUT2D eigenvalue weighted by Crippen LogP contribution is -2.29. The highest BCUT2D eigenvalue weighted by atomic mass is 32.2. The quantitative estimate of drug-likeness (QED) is 0.728. The zero-order valence-corrected chi connectivity index (χ0v) is 16.3. The third-order valence-corrected chi connectivity index (χ3v) is 6.09. The summed E-state index contributed by atoms with van der Waals surface area (Å²) in [5.74, 6) is 0.462. The van der Waals surface area contributed by atoms with E-state index in [0.717, 1.165) is 24.2 Å². The van der Waals surface area contributed by atoms with Gasteiger partial charge in [0.25, 0.3) is 5.91 Å². The second-order valence-corrected chi connectivity index (χ2v) is 8.31. The molecule has 1 aliphatic rings. The van der Waals surface area contributed by atoms with Gasteiger partial charge in [0.2, 0.25) is 10.0 Å². The number of ether oxygens (including phenoxy) is 1. The number of amides is 1. The van der Waals surface area contributed by atoms with Crippen LogP contribution in [0.15, 0.2) is 53.4 Å². The molecule has 7 heteroatoms. The van der Waals surface area contributed by atoms with Crippen LogP contribution < -0.4 is 14.8 Å². The second kappa shape index (κ2) is 8.10. The minimum absolute atomic E-state index is 0.0455. The van der Waals surface area contributed by atoms with E-state index in [9.17, 15) is 13.2 Å². The largest absolute Gasteiger partial charge is 0.496 e. The summed E-state index contributed by atoms with van der Waals surface area (Å²) in [5.41, 5.74) is 1.32. The average molecular weight is 388 g/mol. The number of carbonyl (C=O) groups excluding carboxylic acids is 1. The van der Waals surface area contributed by atoms with Crippen molar-refractivity contribution in [2.45, 2.75) is 43.2 Å². The van der Waals surface area contributed by atoms with E-state index in [4.69, 9.17) is 4.74 Å². The molecular formula is C20H24N2O4S. The first kappa shape index (κ1) is 19.4. The van der Waals surface area contributed by atoms with Gasteiger partial charge in [0.15, 0.2) is 0 Å². The summed E-state index contributed by atoms with van der Waals surface area (Å²) >= 11 is 0. The molecule has 144 valence electrons. The molecule has 1 fully saturated rings. The van der Waals surface area contributed by atoms with Crippen LogP contribution in [0, 0.1) is 0 Å². The summed E-state index contributed by atoms with van der Waals surface area (Å²) in [5, 5.41) is 2.99. The standard InChI is InChI=1S/C20H24N2O4S/c1-3-18(17-6-4-5-7-19(17)26-2)21-20(23)14-8-12-16(13-9-14)27(24,25)22-15-10-11-15/h4-9,12-13,15,18,22H,3,10-11H2,1-2H3,(H,21,23). The second-order valence-electron chi connectivity index (χ2n) is 6.60. The smallest absolute Gasteiger partial charge is 0.251 e. The molecule has 2 N–H and O–H groups in total. The van der Waals surface area contributed by atoms with Crippen molar-refractivity contribution in [3.05, 3.63) is 59.7 Å². The highest BCUT2D eigenvalue weighted by Gasteiger charge is 2.28. The lowest BCUT2D eigenvalue weighted by molar-refractivity contribution is 0.0935. The topological polar surface area (TPSA) is 84.5 Å². The highest BCUT2D eigenvalue weighted by molar-refractivity contribution is 7.89. The molecule has 0 radical (unpaired) electrons. The Labute approximate surface area is 160 Å². The van der Waals surface area contributed by atoms with Crippen LogP contribution >= 0.6 is 0 Å². The van der Waals surface area contributed by atoms with E-state index >= 15 is 0 Å². The Bertz CT molecular complexity index is 906. The Kier molecular flexibility index (Phi) is 5.82. The van der Waals surface area contributed by atoms with Crippen molar-refractivity contribution in [1.82, 2.24) is 10.0 Å². The van der Waals surface area contributed by atoms with Crippen molar-refractivity contribution in [1.29, 1.82) is 0 Å². The molecule has 0 aromatic heterocycles. The van der Waals surface area contributed by atoms with E-state index in [0.29, 0.717) is 12.0 Å².